The van der Waals surface area contributed by atoms with E-state index in [2.05, 4.69) is 9.97 Å². The van der Waals surface area contributed by atoms with Gasteiger partial charge in [-0.1, -0.05) is 29.8 Å². The van der Waals surface area contributed by atoms with E-state index in [9.17, 15) is 0 Å². The summed E-state index contributed by atoms with van der Waals surface area (Å²) in [6.07, 6.45) is 0.648. The Balaban J connectivity index is 2.00. The summed E-state index contributed by atoms with van der Waals surface area (Å²) in [5.41, 5.74) is 3.16. The summed E-state index contributed by atoms with van der Waals surface area (Å²) in [7, 11) is 0. The highest BCUT2D eigenvalue weighted by molar-refractivity contribution is 6.29. The van der Waals surface area contributed by atoms with Crippen LogP contribution in [0.5, 0.6) is 5.75 Å². The number of aryl methyl sites for hydroxylation is 3. The van der Waals surface area contributed by atoms with Crippen molar-refractivity contribution in [3.63, 3.8) is 0 Å². The van der Waals surface area contributed by atoms with Crippen LogP contribution in [0.4, 0.5) is 0 Å². The minimum atomic E-state index is 0.481. The van der Waals surface area contributed by atoms with E-state index in [1.54, 1.807) is 6.07 Å². The first-order valence-electron chi connectivity index (χ1n) is 6.25. The highest BCUT2D eigenvalue weighted by Crippen LogP contribution is 2.22. The lowest BCUT2D eigenvalue weighted by Gasteiger charge is -2.11. The Morgan fingerprint density at radius 3 is 2.42 bits per heavy atom. The third-order valence-corrected chi connectivity index (χ3v) is 3.04. The van der Waals surface area contributed by atoms with Gasteiger partial charge in [0.05, 0.1) is 6.61 Å². The van der Waals surface area contributed by atoms with Gasteiger partial charge in [-0.05, 0) is 38.0 Å². The molecule has 100 valence electrons. The SMILES string of the molecule is Cc1cc(Cl)nc(CCOc2c(C)cccc2C)n1. The number of ether oxygens (including phenoxy) is 1. The van der Waals surface area contributed by atoms with Crippen LogP contribution < -0.4 is 4.74 Å². The molecule has 1 aromatic carbocycles. The smallest absolute Gasteiger partial charge is 0.133 e. The van der Waals surface area contributed by atoms with E-state index in [1.807, 2.05) is 39.0 Å². The Hall–Kier alpha value is -1.61. The van der Waals surface area contributed by atoms with Crippen LogP contribution in [0.3, 0.4) is 0 Å². The van der Waals surface area contributed by atoms with Crippen LogP contribution in [0.25, 0.3) is 0 Å². The van der Waals surface area contributed by atoms with Crippen LogP contribution in [0.15, 0.2) is 24.3 Å². The van der Waals surface area contributed by atoms with Crippen molar-refractivity contribution in [3.8, 4) is 5.75 Å². The van der Waals surface area contributed by atoms with Gasteiger partial charge < -0.3 is 4.74 Å². The Kier molecular flexibility index (Phi) is 4.38. The second kappa shape index (κ2) is 6.02. The molecule has 0 aliphatic rings. The van der Waals surface area contributed by atoms with E-state index >= 15 is 0 Å². The third-order valence-electron chi connectivity index (χ3n) is 2.85. The summed E-state index contributed by atoms with van der Waals surface area (Å²) in [5, 5.41) is 0.481. The Bertz CT molecular complexity index is 544. The maximum Gasteiger partial charge on any atom is 0.133 e. The van der Waals surface area contributed by atoms with E-state index in [0.29, 0.717) is 18.2 Å². The monoisotopic (exact) mass is 276 g/mol. The van der Waals surface area contributed by atoms with Gasteiger partial charge in [0.25, 0.3) is 0 Å². The van der Waals surface area contributed by atoms with Crippen LogP contribution in [-0.4, -0.2) is 16.6 Å². The summed E-state index contributed by atoms with van der Waals surface area (Å²) in [5.74, 6) is 1.66. The van der Waals surface area contributed by atoms with Gasteiger partial charge in [0, 0.05) is 12.1 Å². The predicted molar refractivity (Wildman–Crippen MR) is 76.9 cm³/mol. The van der Waals surface area contributed by atoms with Crippen molar-refractivity contribution in [2.24, 2.45) is 0 Å². The molecule has 0 saturated carbocycles. The molecule has 0 spiro atoms. The average molecular weight is 277 g/mol. The highest BCUT2D eigenvalue weighted by Gasteiger charge is 2.05. The zero-order valence-electron chi connectivity index (χ0n) is 11.4. The number of rotatable bonds is 4. The molecule has 0 aliphatic heterocycles. The lowest BCUT2D eigenvalue weighted by molar-refractivity contribution is 0.314. The third kappa shape index (κ3) is 3.67. The second-order valence-electron chi connectivity index (χ2n) is 4.57. The zero-order valence-corrected chi connectivity index (χ0v) is 12.2. The van der Waals surface area contributed by atoms with E-state index in [-0.39, 0.29) is 0 Å². The first kappa shape index (κ1) is 13.8. The van der Waals surface area contributed by atoms with Crippen LogP contribution in [0.2, 0.25) is 5.15 Å². The number of hydrogen-bond donors (Lipinski definition) is 0. The number of aromatic nitrogens is 2. The van der Waals surface area contributed by atoms with Crippen molar-refractivity contribution in [2.45, 2.75) is 27.2 Å². The fourth-order valence-electron chi connectivity index (χ4n) is 1.97. The molecule has 3 nitrogen and oxygen atoms in total. The van der Waals surface area contributed by atoms with Gasteiger partial charge in [-0.15, -0.1) is 0 Å². The molecule has 19 heavy (non-hydrogen) atoms. The number of nitrogens with zero attached hydrogens (tertiary/aromatic N) is 2. The maximum atomic E-state index is 5.90. The standard InChI is InChI=1S/C15H17ClN2O/c1-10-5-4-6-11(2)15(10)19-8-7-14-17-12(3)9-13(16)18-14/h4-6,9H,7-8H2,1-3H3. The second-order valence-corrected chi connectivity index (χ2v) is 4.95. The summed E-state index contributed by atoms with van der Waals surface area (Å²) >= 11 is 5.90. The molecule has 0 N–H and O–H groups in total. The molecule has 0 atom stereocenters. The molecule has 0 unspecified atom stereocenters. The molecule has 0 bridgehead atoms. The minimum absolute atomic E-state index is 0.481. The van der Waals surface area contributed by atoms with E-state index in [4.69, 9.17) is 16.3 Å². The first-order valence-corrected chi connectivity index (χ1v) is 6.63. The predicted octanol–water partition coefficient (Wildman–Crippen LogP) is 3.68. The average Bonchev–Trinajstić information content (AvgIpc) is 2.32. The molecular formula is C15H17ClN2O. The first-order chi connectivity index (χ1) is 9.06. The van der Waals surface area contributed by atoms with Gasteiger partial charge in [-0.3, -0.25) is 0 Å². The fourth-order valence-corrected chi connectivity index (χ4v) is 2.23. The van der Waals surface area contributed by atoms with Gasteiger partial charge in [0.15, 0.2) is 0 Å². The van der Waals surface area contributed by atoms with Crippen molar-refractivity contribution in [1.29, 1.82) is 0 Å². The van der Waals surface area contributed by atoms with E-state index in [0.717, 1.165) is 28.4 Å². The molecular weight excluding hydrogens is 260 g/mol. The maximum absolute atomic E-state index is 5.90. The van der Waals surface area contributed by atoms with Crippen molar-refractivity contribution in [3.05, 3.63) is 52.1 Å². The van der Waals surface area contributed by atoms with Gasteiger partial charge >= 0.3 is 0 Å². The molecule has 1 aromatic heterocycles. The Morgan fingerprint density at radius 2 is 1.79 bits per heavy atom. The van der Waals surface area contributed by atoms with Crippen molar-refractivity contribution >= 4 is 11.6 Å². The Labute approximate surface area is 118 Å². The molecule has 2 aromatic rings. The minimum Gasteiger partial charge on any atom is -0.493 e. The van der Waals surface area contributed by atoms with Crippen molar-refractivity contribution in [2.75, 3.05) is 6.61 Å². The van der Waals surface area contributed by atoms with Crippen LogP contribution >= 0.6 is 11.6 Å². The Morgan fingerprint density at radius 1 is 1.11 bits per heavy atom. The van der Waals surface area contributed by atoms with Crippen LogP contribution in [0, 0.1) is 20.8 Å². The normalized spacial score (nSPS) is 10.5. The molecule has 0 radical (unpaired) electrons. The quantitative estimate of drug-likeness (QED) is 0.799. The van der Waals surface area contributed by atoms with Crippen molar-refractivity contribution < 1.29 is 4.74 Å². The molecule has 1 heterocycles. The summed E-state index contributed by atoms with van der Waals surface area (Å²) in [6, 6.07) is 7.86. The molecule has 0 amide bonds. The molecule has 0 saturated heterocycles. The summed E-state index contributed by atoms with van der Waals surface area (Å²) in [6.45, 7) is 6.54. The van der Waals surface area contributed by atoms with E-state index < -0.39 is 0 Å². The molecule has 0 aliphatic carbocycles. The van der Waals surface area contributed by atoms with Gasteiger partial charge in [-0.2, -0.15) is 0 Å². The van der Waals surface area contributed by atoms with Crippen LogP contribution in [-0.2, 0) is 6.42 Å². The number of halogens is 1. The number of para-hydroxylation sites is 1. The van der Waals surface area contributed by atoms with Gasteiger partial charge in [0.2, 0.25) is 0 Å². The molecule has 2 rings (SSSR count). The number of hydrogen-bond acceptors (Lipinski definition) is 3. The van der Waals surface area contributed by atoms with Crippen molar-refractivity contribution in [1.82, 2.24) is 9.97 Å². The molecule has 4 heteroatoms. The van der Waals surface area contributed by atoms with Gasteiger partial charge in [-0.25, -0.2) is 9.97 Å². The lowest BCUT2D eigenvalue weighted by atomic mass is 10.1. The fraction of sp³-hybridized carbons (Fsp3) is 0.333. The molecule has 0 fully saturated rings. The van der Waals surface area contributed by atoms with Gasteiger partial charge in [0.1, 0.15) is 16.7 Å². The number of benzene rings is 1. The van der Waals surface area contributed by atoms with Crippen LogP contribution in [0.1, 0.15) is 22.6 Å². The topological polar surface area (TPSA) is 35.0 Å². The highest BCUT2D eigenvalue weighted by atomic mass is 35.5. The zero-order chi connectivity index (χ0) is 13.8. The summed E-state index contributed by atoms with van der Waals surface area (Å²) < 4.78 is 5.83. The lowest BCUT2D eigenvalue weighted by Crippen LogP contribution is -2.07. The van der Waals surface area contributed by atoms with E-state index in [1.165, 1.54) is 0 Å². The summed E-state index contributed by atoms with van der Waals surface area (Å²) in [4.78, 5) is 8.52. The largest absolute Gasteiger partial charge is 0.493 e.